The van der Waals surface area contributed by atoms with E-state index in [4.69, 9.17) is 19.0 Å². The van der Waals surface area contributed by atoms with Crippen molar-refractivity contribution in [3.8, 4) is 34.3 Å². The number of phenols is 3. The number of carbonyl (C=O) groups is 1. The van der Waals surface area contributed by atoms with Gasteiger partial charge >= 0.3 is 5.97 Å². The Bertz CT molecular complexity index is 1280. The molecular weight excluding hydrogens is 444 g/mol. The number of fused-ring (bicyclic) bond motifs is 1. The van der Waals surface area contributed by atoms with Gasteiger partial charge in [0, 0.05) is 18.2 Å². The van der Waals surface area contributed by atoms with E-state index in [0.717, 1.165) is 24.3 Å². The average molecular weight is 462 g/mol. The van der Waals surface area contributed by atoms with E-state index in [0.29, 0.717) is 0 Å². The first kappa shape index (κ1) is 22.4. The summed E-state index contributed by atoms with van der Waals surface area (Å²) in [5, 5.41) is 68.7. The largest absolute Gasteiger partial charge is 0.508 e. The molecule has 5 atom stereocenters. The fourth-order valence-corrected chi connectivity index (χ4v) is 3.45. The van der Waals surface area contributed by atoms with E-state index in [1.807, 2.05) is 0 Å². The fraction of sp³-hybridized carbons (Fsp3) is 0.238. The highest BCUT2D eigenvalue weighted by Crippen LogP contribution is 2.36. The van der Waals surface area contributed by atoms with Crippen LogP contribution in [0.15, 0.2) is 45.6 Å². The van der Waals surface area contributed by atoms with Crippen LogP contribution in [0.4, 0.5) is 0 Å². The lowest BCUT2D eigenvalue weighted by molar-refractivity contribution is -0.271. The molecule has 0 saturated carbocycles. The molecule has 0 bridgehead atoms. The van der Waals surface area contributed by atoms with Gasteiger partial charge in [0.05, 0.1) is 5.56 Å². The number of aliphatic hydroxyl groups is 3. The third kappa shape index (κ3) is 4.03. The van der Waals surface area contributed by atoms with Crippen molar-refractivity contribution in [2.45, 2.75) is 30.7 Å². The Morgan fingerprint density at radius 2 is 1.64 bits per heavy atom. The minimum absolute atomic E-state index is 0.00717. The molecule has 33 heavy (non-hydrogen) atoms. The van der Waals surface area contributed by atoms with Crippen molar-refractivity contribution < 1.29 is 54.4 Å². The molecular formula is C21H18O12. The number of aliphatic carboxylic acids is 1. The molecule has 3 aromatic rings. The van der Waals surface area contributed by atoms with Crippen LogP contribution in [0, 0.1) is 0 Å². The first-order valence-electron chi connectivity index (χ1n) is 9.49. The van der Waals surface area contributed by atoms with Crippen molar-refractivity contribution in [1.82, 2.24) is 0 Å². The van der Waals surface area contributed by atoms with Gasteiger partial charge in [0.2, 0.25) is 6.29 Å². The molecule has 2 heterocycles. The van der Waals surface area contributed by atoms with Crippen molar-refractivity contribution in [3.05, 3.63) is 46.6 Å². The van der Waals surface area contributed by atoms with Crippen molar-refractivity contribution in [2.75, 3.05) is 0 Å². The van der Waals surface area contributed by atoms with Crippen LogP contribution >= 0.6 is 0 Å². The molecule has 2 aromatic carbocycles. The lowest BCUT2D eigenvalue weighted by Crippen LogP contribution is -2.61. The molecule has 1 aliphatic heterocycles. The smallest absolute Gasteiger partial charge is 0.335 e. The van der Waals surface area contributed by atoms with Crippen molar-refractivity contribution in [1.29, 1.82) is 0 Å². The Morgan fingerprint density at radius 3 is 2.33 bits per heavy atom. The predicted octanol–water partition coefficient (Wildman–Crippen LogP) is -0.152. The van der Waals surface area contributed by atoms with Crippen LogP contribution in [-0.4, -0.2) is 72.4 Å². The molecule has 1 fully saturated rings. The summed E-state index contributed by atoms with van der Waals surface area (Å²) in [5.74, 6) is -3.07. The molecule has 1 aliphatic rings. The number of hydrogen-bond acceptors (Lipinski definition) is 11. The zero-order valence-electron chi connectivity index (χ0n) is 16.5. The number of carboxylic acids is 1. The van der Waals surface area contributed by atoms with Gasteiger partial charge in [0.15, 0.2) is 11.5 Å². The van der Waals surface area contributed by atoms with Crippen LogP contribution in [0.2, 0.25) is 0 Å². The molecule has 12 nitrogen and oxygen atoms in total. The molecule has 12 heteroatoms. The maximum atomic E-state index is 12.5. The van der Waals surface area contributed by atoms with Gasteiger partial charge < -0.3 is 49.6 Å². The third-order valence-corrected chi connectivity index (χ3v) is 5.09. The first-order valence-corrected chi connectivity index (χ1v) is 9.49. The first-order chi connectivity index (χ1) is 15.6. The van der Waals surface area contributed by atoms with Crippen molar-refractivity contribution in [2.24, 2.45) is 0 Å². The van der Waals surface area contributed by atoms with Crippen LogP contribution in [-0.2, 0) is 9.53 Å². The number of phenolic OH excluding ortho intramolecular Hbond substituents is 3. The van der Waals surface area contributed by atoms with Gasteiger partial charge in [0.25, 0.3) is 0 Å². The van der Waals surface area contributed by atoms with E-state index in [1.165, 1.54) is 12.1 Å². The van der Waals surface area contributed by atoms with Crippen molar-refractivity contribution >= 4 is 16.9 Å². The SMILES string of the molecule is O=C(O)C1OC(Oc2cc(O)c3c(=O)cc(-c4cc(O)ccc4O)oc3c2)C(O)C(O)C1O. The Morgan fingerprint density at radius 1 is 0.909 bits per heavy atom. The zero-order chi connectivity index (χ0) is 24.0. The Balaban J connectivity index is 1.74. The van der Waals surface area contributed by atoms with E-state index in [9.17, 15) is 40.2 Å². The van der Waals surface area contributed by atoms with Crippen LogP contribution in [0.1, 0.15) is 0 Å². The van der Waals surface area contributed by atoms with E-state index >= 15 is 0 Å². The summed E-state index contributed by atoms with van der Waals surface area (Å²) < 4.78 is 16.0. The van der Waals surface area contributed by atoms with Crippen molar-refractivity contribution in [3.63, 3.8) is 0 Å². The number of carboxylic acid groups (broad SMARTS) is 1. The molecule has 0 spiro atoms. The lowest BCUT2D eigenvalue weighted by Gasteiger charge is -2.38. The minimum Gasteiger partial charge on any atom is -0.508 e. The fourth-order valence-electron chi connectivity index (χ4n) is 3.45. The van der Waals surface area contributed by atoms with Gasteiger partial charge in [-0.3, -0.25) is 4.79 Å². The van der Waals surface area contributed by atoms with Crippen LogP contribution in [0.5, 0.6) is 23.0 Å². The second-order valence-corrected chi connectivity index (χ2v) is 7.34. The Hall–Kier alpha value is -3.84. The van der Waals surface area contributed by atoms with Crippen LogP contribution in [0.25, 0.3) is 22.3 Å². The standard InChI is InChI=1S/C21H18O12/c22-7-1-2-10(23)9(3-7)13-6-12(25)15-11(24)4-8(5-14(15)32-13)31-21-18(28)16(26)17(27)19(33-21)20(29)30/h1-6,16-19,21-24,26-28H,(H,29,30). The topological polar surface area (TPSA) is 207 Å². The van der Waals surface area contributed by atoms with Gasteiger partial charge in [-0.1, -0.05) is 0 Å². The van der Waals surface area contributed by atoms with E-state index in [-0.39, 0.29) is 39.5 Å². The molecule has 0 radical (unpaired) electrons. The number of aromatic hydroxyl groups is 3. The number of rotatable bonds is 4. The maximum Gasteiger partial charge on any atom is 0.335 e. The van der Waals surface area contributed by atoms with E-state index in [2.05, 4.69) is 0 Å². The highest BCUT2D eigenvalue weighted by molar-refractivity contribution is 5.86. The summed E-state index contributed by atoms with van der Waals surface area (Å²) in [5.41, 5.74) is -0.903. The molecule has 5 unspecified atom stereocenters. The van der Waals surface area contributed by atoms with E-state index < -0.39 is 47.9 Å². The predicted molar refractivity (Wildman–Crippen MR) is 108 cm³/mol. The normalized spacial score (nSPS) is 25.1. The second-order valence-electron chi connectivity index (χ2n) is 7.34. The summed E-state index contributed by atoms with van der Waals surface area (Å²) in [7, 11) is 0. The average Bonchev–Trinajstić information content (AvgIpc) is 2.75. The van der Waals surface area contributed by atoms with Gasteiger partial charge in [-0.05, 0) is 18.2 Å². The van der Waals surface area contributed by atoms with Gasteiger partial charge in [-0.2, -0.15) is 0 Å². The minimum atomic E-state index is -1.92. The Kier molecular flexibility index (Phi) is 5.59. The quantitative estimate of drug-likeness (QED) is 0.253. The summed E-state index contributed by atoms with van der Waals surface area (Å²) in [6.07, 6.45) is -9.34. The zero-order valence-corrected chi connectivity index (χ0v) is 16.5. The number of hydrogen-bond donors (Lipinski definition) is 7. The molecule has 0 amide bonds. The van der Waals surface area contributed by atoms with Gasteiger partial charge in [0.1, 0.15) is 58.0 Å². The molecule has 174 valence electrons. The summed E-state index contributed by atoms with van der Waals surface area (Å²) in [6, 6.07) is 6.68. The van der Waals surface area contributed by atoms with E-state index in [1.54, 1.807) is 0 Å². The van der Waals surface area contributed by atoms with Crippen LogP contribution in [0.3, 0.4) is 0 Å². The summed E-state index contributed by atoms with van der Waals surface area (Å²) >= 11 is 0. The highest BCUT2D eigenvalue weighted by Gasteiger charge is 2.48. The highest BCUT2D eigenvalue weighted by atomic mass is 16.7. The lowest BCUT2D eigenvalue weighted by atomic mass is 9.99. The molecule has 1 saturated heterocycles. The van der Waals surface area contributed by atoms with Gasteiger partial charge in [-0.15, -0.1) is 0 Å². The molecule has 7 N–H and O–H groups in total. The maximum absolute atomic E-state index is 12.5. The Labute approximate surface area is 183 Å². The molecule has 4 rings (SSSR count). The number of benzene rings is 2. The second kappa shape index (κ2) is 8.26. The van der Waals surface area contributed by atoms with Gasteiger partial charge in [-0.25, -0.2) is 4.79 Å². The van der Waals surface area contributed by atoms with Crippen LogP contribution < -0.4 is 10.2 Å². The summed E-state index contributed by atoms with van der Waals surface area (Å²) in [6.45, 7) is 0. The molecule has 1 aromatic heterocycles. The third-order valence-electron chi connectivity index (χ3n) is 5.09. The monoisotopic (exact) mass is 462 g/mol. The number of aliphatic hydroxyl groups excluding tert-OH is 3. The molecule has 0 aliphatic carbocycles. The summed E-state index contributed by atoms with van der Waals surface area (Å²) in [4.78, 5) is 23.8. The number of ether oxygens (including phenoxy) is 2.